The summed E-state index contributed by atoms with van der Waals surface area (Å²) < 4.78 is 0. The normalized spacial score (nSPS) is 7.62. The lowest BCUT2D eigenvalue weighted by molar-refractivity contribution is -0.105. The zero-order chi connectivity index (χ0) is 6.99. The van der Waals surface area contributed by atoms with Crippen LogP contribution in [0.5, 0.6) is 0 Å². The van der Waals surface area contributed by atoms with Crippen molar-refractivity contribution < 1.29 is 4.79 Å². The van der Waals surface area contributed by atoms with Crippen molar-refractivity contribution in [2.45, 2.75) is 0 Å². The van der Waals surface area contributed by atoms with Crippen molar-refractivity contribution in [1.29, 1.82) is 0 Å². The molecule has 50 valence electrons. The van der Waals surface area contributed by atoms with Gasteiger partial charge in [0.15, 0.2) is 0 Å². The second-order valence-corrected chi connectivity index (χ2v) is 1.97. The van der Waals surface area contributed by atoms with E-state index in [9.17, 15) is 0 Å². The van der Waals surface area contributed by atoms with E-state index in [0.29, 0.717) is 6.29 Å². The van der Waals surface area contributed by atoms with E-state index < -0.39 is 0 Å². The van der Waals surface area contributed by atoms with E-state index in [4.69, 9.17) is 16.4 Å². The average Bonchev–Trinajstić information content (AvgIpc) is 1.65. The monoisotopic (exact) mass is 137 g/mol. The number of hydrogen-bond acceptors (Lipinski definition) is 2. The smallest absolute Gasteiger partial charge is 0.134 e. The highest BCUT2D eigenvalue weighted by atomic mass is 35.5. The molecule has 0 amide bonds. The predicted octanol–water partition coefficient (Wildman–Crippen LogP) is 0.602. The van der Waals surface area contributed by atoms with Gasteiger partial charge < -0.3 is 9.69 Å². The van der Waals surface area contributed by atoms with Crippen molar-refractivity contribution in [1.82, 2.24) is 4.90 Å². The van der Waals surface area contributed by atoms with Crippen LogP contribution >= 0.6 is 11.6 Å². The van der Waals surface area contributed by atoms with E-state index in [0.717, 1.165) is 0 Å². The maximum absolute atomic E-state index is 9.04. The Hall–Kier alpha value is -0.0800. The van der Waals surface area contributed by atoms with Gasteiger partial charge >= 0.3 is 0 Å². The van der Waals surface area contributed by atoms with Crippen molar-refractivity contribution in [3.63, 3.8) is 0 Å². The van der Waals surface area contributed by atoms with Gasteiger partial charge in [-0.1, -0.05) is 0 Å². The zero-order valence-electron chi connectivity index (χ0n) is 5.52. The second kappa shape index (κ2) is 10.0. The molecule has 3 heteroatoms. The minimum atomic E-state index is 0.111. The molecule has 0 N–H and O–H groups in total. The Balaban J connectivity index is 0. The van der Waals surface area contributed by atoms with Crippen LogP contribution in [0.25, 0.3) is 0 Å². The number of carbonyl (C=O) groups excluding carboxylic acids is 1. The third kappa shape index (κ3) is 169. The lowest BCUT2D eigenvalue weighted by Crippen LogP contribution is -1.99. The number of rotatable bonds is 1. The summed E-state index contributed by atoms with van der Waals surface area (Å²) in [5.74, 6) is 0.111. The van der Waals surface area contributed by atoms with Gasteiger partial charge in [-0.05, 0) is 21.1 Å². The number of carbonyl (C=O) groups is 1. The van der Waals surface area contributed by atoms with Crippen LogP contribution in [-0.2, 0) is 4.79 Å². The third-order valence-corrected chi connectivity index (χ3v) is 0.189. The fourth-order valence-corrected chi connectivity index (χ4v) is 0. The van der Waals surface area contributed by atoms with Gasteiger partial charge in [0.25, 0.3) is 0 Å². The Morgan fingerprint density at radius 2 is 1.62 bits per heavy atom. The van der Waals surface area contributed by atoms with E-state index in [1.54, 1.807) is 0 Å². The molecular formula is C5H12ClNO. The molecule has 0 bridgehead atoms. The van der Waals surface area contributed by atoms with E-state index in [1.165, 1.54) is 0 Å². The predicted molar refractivity (Wildman–Crippen MR) is 36.4 cm³/mol. The maximum atomic E-state index is 9.04. The molecule has 0 saturated carbocycles. The van der Waals surface area contributed by atoms with Crippen LogP contribution in [-0.4, -0.2) is 38.2 Å². The van der Waals surface area contributed by atoms with E-state index in [-0.39, 0.29) is 5.88 Å². The number of nitrogens with zero attached hydrogens (tertiary/aromatic N) is 1. The van der Waals surface area contributed by atoms with Crippen LogP contribution < -0.4 is 0 Å². The van der Waals surface area contributed by atoms with E-state index in [1.807, 2.05) is 26.0 Å². The zero-order valence-corrected chi connectivity index (χ0v) is 6.27. The minimum Gasteiger partial charge on any atom is -0.312 e. The van der Waals surface area contributed by atoms with Crippen molar-refractivity contribution in [2.24, 2.45) is 0 Å². The van der Waals surface area contributed by atoms with Gasteiger partial charge in [-0.2, -0.15) is 0 Å². The standard InChI is InChI=1S/C3H9N.C2H3ClO/c1-4(2)3;3-1-2-4/h1-3H3;2H,1H2. The number of hydrogen-bond donors (Lipinski definition) is 0. The summed E-state index contributed by atoms with van der Waals surface area (Å²) in [4.78, 5) is 11.0. The summed E-state index contributed by atoms with van der Waals surface area (Å²) in [5.41, 5.74) is 0. The molecule has 0 aliphatic rings. The molecule has 0 heterocycles. The first-order valence-electron chi connectivity index (χ1n) is 2.25. The fourth-order valence-electron chi connectivity index (χ4n) is 0. The Kier molecular flexibility index (Phi) is 13.6. The van der Waals surface area contributed by atoms with Crippen molar-refractivity contribution in [3.8, 4) is 0 Å². The second-order valence-electron chi connectivity index (χ2n) is 1.66. The topological polar surface area (TPSA) is 20.3 Å². The summed E-state index contributed by atoms with van der Waals surface area (Å²) >= 11 is 4.82. The molecule has 0 atom stereocenters. The number of alkyl halides is 1. The largest absolute Gasteiger partial charge is 0.312 e. The van der Waals surface area contributed by atoms with E-state index in [2.05, 4.69) is 0 Å². The Morgan fingerprint density at radius 3 is 1.62 bits per heavy atom. The minimum absolute atomic E-state index is 0.111. The molecule has 0 saturated heterocycles. The highest BCUT2D eigenvalue weighted by molar-refractivity contribution is 6.24. The Labute approximate surface area is 55.4 Å². The first kappa shape index (κ1) is 10.8. The van der Waals surface area contributed by atoms with Gasteiger partial charge in [0.2, 0.25) is 0 Å². The van der Waals surface area contributed by atoms with Crippen LogP contribution in [0, 0.1) is 0 Å². The molecule has 0 aromatic rings. The van der Waals surface area contributed by atoms with Crippen molar-refractivity contribution in [3.05, 3.63) is 0 Å². The van der Waals surface area contributed by atoms with Crippen LogP contribution in [0.15, 0.2) is 0 Å². The van der Waals surface area contributed by atoms with Crippen molar-refractivity contribution >= 4 is 17.9 Å². The maximum Gasteiger partial charge on any atom is 0.134 e. The molecule has 0 fully saturated rings. The summed E-state index contributed by atoms with van der Waals surface area (Å²) in [6.07, 6.45) is 0.640. The molecule has 0 rings (SSSR count). The van der Waals surface area contributed by atoms with Crippen LogP contribution in [0.2, 0.25) is 0 Å². The van der Waals surface area contributed by atoms with Gasteiger partial charge in [-0.15, -0.1) is 11.6 Å². The summed E-state index contributed by atoms with van der Waals surface area (Å²) in [7, 11) is 6.00. The molecule has 0 unspecified atom stereocenters. The molecule has 0 spiro atoms. The van der Waals surface area contributed by atoms with Gasteiger partial charge in [-0.3, -0.25) is 0 Å². The van der Waals surface area contributed by atoms with Gasteiger partial charge in [0.05, 0.1) is 5.88 Å². The molecule has 0 aliphatic heterocycles. The van der Waals surface area contributed by atoms with Crippen LogP contribution in [0.1, 0.15) is 0 Å². The summed E-state index contributed by atoms with van der Waals surface area (Å²) in [5, 5.41) is 0. The average molecular weight is 138 g/mol. The third-order valence-electron chi connectivity index (χ3n) is 0.0630. The highest BCUT2D eigenvalue weighted by Gasteiger charge is 1.58. The molecule has 8 heavy (non-hydrogen) atoms. The molecule has 0 aromatic carbocycles. The van der Waals surface area contributed by atoms with Crippen LogP contribution in [0.4, 0.5) is 0 Å². The SMILES string of the molecule is CN(C)C.O=CCCl. The molecule has 0 radical (unpaired) electrons. The van der Waals surface area contributed by atoms with Crippen molar-refractivity contribution in [2.75, 3.05) is 27.0 Å². The molecule has 0 aliphatic carbocycles. The summed E-state index contributed by atoms with van der Waals surface area (Å²) in [6.45, 7) is 0. The summed E-state index contributed by atoms with van der Waals surface area (Å²) in [6, 6.07) is 0. The Bertz CT molecular complexity index is 44.9. The fraction of sp³-hybridized carbons (Fsp3) is 0.800. The number of halogens is 1. The number of aldehydes is 1. The molecular weight excluding hydrogens is 126 g/mol. The lowest BCUT2D eigenvalue weighted by Gasteiger charge is -1.90. The first-order chi connectivity index (χ1) is 3.65. The van der Waals surface area contributed by atoms with Gasteiger partial charge in [0.1, 0.15) is 6.29 Å². The van der Waals surface area contributed by atoms with E-state index >= 15 is 0 Å². The first-order valence-corrected chi connectivity index (χ1v) is 2.79. The quantitative estimate of drug-likeness (QED) is 0.390. The van der Waals surface area contributed by atoms with Gasteiger partial charge in [-0.25, -0.2) is 0 Å². The highest BCUT2D eigenvalue weighted by Crippen LogP contribution is 1.57. The molecule has 0 aromatic heterocycles. The lowest BCUT2D eigenvalue weighted by atomic mass is 10.9. The Morgan fingerprint density at radius 1 is 1.50 bits per heavy atom. The van der Waals surface area contributed by atoms with Crippen LogP contribution in [0.3, 0.4) is 0 Å². The molecule has 2 nitrogen and oxygen atoms in total. The van der Waals surface area contributed by atoms with Gasteiger partial charge in [0, 0.05) is 0 Å².